The third kappa shape index (κ3) is 5.32. The highest BCUT2D eigenvalue weighted by Crippen LogP contribution is 2.22. The summed E-state index contributed by atoms with van der Waals surface area (Å²) < 4.78 is 5.13. The first-order chi connectivity index (χ1) is 14.5. The number of amides is 1. The number of carbonyl (C=O) groups is 3. The van der Waals surface area contributed by atoms with Gasteiger partial charge in [-0.05, 0) is 59.7 Å². The summed E-state index contributed by atoms with van der Waals surface area (Å²) in [5.74, 6) is -0.853. The third-order valence-electron chi connectivity index (χ3n) is 4.47. The lowest BCUT2D eigenvalue weighted by Gasteiger charge is -2.07. The third-order valence-corrected chi connectivity index (χ3v) is 4.47. The summed E-state index contributed by atoms with van der Waals surface area (Å²) in [7, 11) is 0. The molecule has 0 aromatic heterocycles. The zero-order chi connectivity index (χ0) is 21.5. The normalized spacial score (nSPS) is 10.3. The Morgan fingerprint density at radius 1 is 0.800 bits per heavy atom. The molecule has 0 aliphatic heterocycles. The number of phenols is 1. The molecule has 3 aromatic rings. The van der Waals surface area contributed by atoms with Gasteiger partial charge in [0.2, 0.25) is 5.91 Å². The molecule has 6 nitrogen and oxygen atoms in total. The van der Waals surface area contributed by atoms with Crippen LogP contribution in [-0.4, -0.2) is 29.4 Å². The maximum atomic E-state index is 12.3. The summed E-state index contributed by atoms with van der Waals surface area (Å²) in [4.78, 5) is 35.9. The van der Waals surface area contributed by atoms with E-state index >= 15 is 0 Å². The van der Waals surface area contributed by atoms with E-state index in [9.17, 15) is 19.5 Å². The minimum atomic E-state index is -0.590. The molecule has 0 fully saturated rings. The molecule has 3 aromatic carbocycles. The largest absolute Gasteiger partial charge is 0.508 e. The van der Waals surface area contributed by atoms with Crippen molar-refractivity contribution in [3.05, 3.63) is 83.9 Å². The number of nitrogens with one attached hydrogen (secondary N) is 1. The highest BCUT2D eigenvalue weighted by molar-refractivity contribution is 6.00. The van der Waals surface area contributed by atoms with Gasteiger partial charge in [0.05, 0.1) is 5.56 Å². The molecule has 0 unspecified atom stereocenters. The van der Waals surface area contributed by atoms with Crippen molar-refractivity contribution in [2.45, 2.75) is 13.3 Å². The molecule has 0 bridgehead atoms. The van der Waals surface area contributed by atoms with Crippen LogP contribution in [0.5, 0.6) is 5.75 Å². The zero-order valence-corrected chi connectivity index (χ0v) is 16.4. The summed E-state index contributed by atoms with van der Waals surface area (Å²) in [5.41, 5.74) is 3.12. The van der Waals surface area contributed by atoms with E-state index in [1.807, 2.05) is 0 Å². The first-order valence-electron chi connectivity index (χ1n) is 9.46. The number of hydrogen-bond acceptors (Lipinski definition) is 5. The van der Waals surface area contributed by atoms with Crippen LogP contribution in [0.1, 0.15) is 34.1 Å². The highest BCUT2D eigenvalue weighted by atomic mass is 16.5. The van der Waals surface area contributed by atoms with Crippen molar-refractivity contribution in [2.24, 2.45) is 0 Å². The van der Waals surface area contributed by atoms with Crippen LogP contribution in [0.25, 0.3) is 11.1 Å². The predicted octanol–water partition coefficient (Wildman–Crippen LogP) is 4.45. The van der Waals surface area contributed by atoms with Crippen LogP contribution in [0.4, 0.5) is 5.69 Å². The minimum Gasteiger partial charge on any atom is -0.508 e. The van der Waals surface area contributed by atoms with Crippen molar-refractivity contribution in [1.29, 1.82) is 0 Å². The summed E-state index contributed by atoms with van der Waals surface area (Å²) >= 11 is 0. The molecule has 30 heavy (non-hydrogen) atoms. The highest BCUT2D eigenvalue weighted by Gasteiger charge is 2.12. The van der Waals surface area contributed by atoms with Crippen molar-refractivity contribution in [3.63, 3.8) is 0 Å². The van der Waals surface area contributed by atoms with Crippen LogP contribution in [0.15, 0.2) is 72.8 Å². The van der Waals surface area contributed by atoms with Crippen LogP contribution in [0.2, 0.25) is 0 Å². The number of hydrogen-bond donors (Lipinski definition) is 2. The van der Waals surface area contributed by atoms with Crippen LogP contribution in [0, 0.1) is 0 Å². The number of Topliss-reactive ketones (excluding diaryl/α,β-unsaturated/α-hetero) is 1. The SMILES string of the molecule is CCC(=O)Nc1ccc(C(=O)COC(=O)c2ccc(-c3ccc(O)cc3)cc2)cc1. The molecule has 3 rings (SSSR count). The fourth-order valence-corrected chi connectivity index (χ4v) is 2.74. The Morgan fingerprint density at radius 3 is 1.90 bits per heavy atom. The molecule has 1 amide bonds. The van der Waals surface area contributed by atoms with E-state index < -0.39 is 5.97 Å². The Morgan fingerprint density at radius 2 is 1.33 bits per heavy atom. The molecular formula is C24H21NO5. The second-order valence-electron chi connectivity index (χ2n) is 6.60. The Kier molecular flexibility index (Phi) is 6.60. The van der Waals surface area contributed by atoms with Crippen LogP contribution < -0.4 is 5.32 Å². The fraction of sp³-hybridized carbons (Fsp3) is 0.125. The molecule has 0 heterocycles. The topological polar surface area (TPSA) is 92.7 Å². The number of ketones is 1. The van der Waals surface area contributed by atoms with E-state index in [-0.39, 0.29) is 24.0 Å². The molecule has 152 valence electrons. The van der Waals surface area contributed by atoms with Crippen molar-refractivity contribution in [1.82, 2.24) is 0 Å². The summed E-state index contributed by atoms with van der Waals surface area (Å²) in [6.07, 6.45) is 0.368. The van der Waals surface area contributed by atoms with E-state index in [1.165, 1.54) is 0 Å². The number of ether oxygens (including phenoxy) is 1. The predicted molar refractivity (Wildman–Crippen MR) is 114 cm³/mol. The van der Waals surface area contributed by atoms with Gasteiger partial charge in [0.1, 0.15) is 5.75 Å². The lowest BCUT2D eigenvalue weighted by Crippen LogP contribution is -2.14. The van der Waals surface area contributed by atoms with Gasteiger partial charge in [-0.25, -0.2) is 4.79 Å². The van der Waals surface area contributed by atoms with Gasteiger partial charge in [0.15, 0.2) is 12.4 Å². The molecule has 0 saturated heterocycles. The maximum Gasteiger partial charge on any atom is 0.338 e. The first-order valence-corrected chi connectivity index (χ1v) is 9.46. The Bertz CT molecular complexity index is 1040. The van der Waals surface area contributed by atoms with Crippen LogP contribution >= 0.6 is 0 Å². The monoisotopic (exact) mass is 403 g/mol. The Labute approximate surface area is 174 Å². The van der Waals surface area contributed by atoms with Gasteiger partial charge in [-0.1, -0.05) is 31.2 Å². The zero-order valence-electron chi connectivity index (χ0n) is 16.4. The Hall–Kier alpha value is -3.93. The van der Waals surface area contributed by atoms with E-state index in [2.05, 4.69) is 5.32 Å². The van der Waals surface area contributed by atoms with Crippen LogP contribution in [0.3, 0.4) is 0 Å². The van der Waals surface area contributed by atoms with E-state index in [1.54, 1.807) is 79.7 Å². The molecule has 0 atom stereocenters. The van der Waals surface area contributed by atoms with E-state index in [4.69, 9.17) is 4.74 Å². The average molecular weight is 403 g/mol. The smallest absolute Gasteiger partial charge is 0.338 e. The summed E-state index contributed by atoms with van der Waals surface area (Å²) in [6, 6.07) is 19.9. The number of esters is 1. The number of anilines is 1. The van der Waals surface area contributed by atoms with Crippen molar-refractivity contribution >= 4 is 23.3 Å². The van der Waals surface area contributed by atoms with Gasteiger partial charge in [0, 0.05) is 17.7 Å². The quantitative estimate of drug-likeness (QED) is 0.449. The van der Waals surface area contributed by atoms with E-state index in [0.29, 0.717) is 23.2 Å². The van der Waals surface area contributed by atoms with E-state index in [0.717, 1.165) is 11.1 Å². The standard InChI is InChI=1S/C24H21NO5/c1-2-23(28)25-20-11-7-18(8-12-20)22(27)15-30-24(29)19-5-3-16(4-6-19)17-9-13-21(26)14-10-17/h3-14,26H,2,15H2,1H3,(H,25,28). The number of phenolic OH excluding ortho intramolecular Hbond substituents is 1. The van der Waals surface area contributed by atoms with Crippen molar-refractivity contribution in [3.8, 4) is 16.9 Å². The second-order valence-corrected chi connectivity index (χ2v) is 6.60. The average Bonchev–Trinajstić information content (AvgIpc) is 2.78. The molecule has 0 radical (unpaired) electrons. The first kappa shape index (κ1) is 20.8. The van der Waals surface area contributed by atoms with Crippen molar-refractivity contribution < 1.29 is 24.2 Å². The van der Waals surface area contributed by atoms with Gasteiger partial charge < -0.3 is 15.2 Å². The number of carbonyl (C=O) groups excluding carboxylic acids is 3. The van der Waals surface area contributed by atoms with Gasteiger partial charge >= 0.3 is 5.97 Å². The number of aromatic hydroxyl groups is 1. The molecule has 6 heteroatoms. The number of rotatable bonds is 7. The summed E-state index contributed by atoms with van der Waals surface area (Å²) in [6.45, 7) is 1.38. The van der Waals surface area contributed by atoms with Gasteiger partial charge in [0.25, 0.3) is 0 Å². The van der Waals surface area contributed by atoms with Gasteiger partial charge in [-0.2, -0.15) is 0 Å². The molecular weight excluding hydrogens is 382 g/mol. The Balaban J connectivity index is 1.56. The van der Waals surface area contributed by atoms with Gasteiger partial charge in [-0.3, -0.25) is 9.59 Å². The molecule has 0 saturated carbocycles. The van der Waals surface area contributed by atoms with Gasteiger partial charge in [-0.15, -0.1) is 0 Å². The minimum absolute atomic E-state index is 0.112. The molecule has 2 N–H and O–H groups in total. The summed E-state index contributed by atoms with van der Waals surface area (Å²) in [5, 5.41) is 12.1. The second kappa shape index (κ2) is 9.52. The lowest BCUT2D eigenvalue weighted by atomic mass is 10.0. The fourth-order valence-electron chi connectivity index (χ4n) is 2.74. The number of benzene rings is 3. The van der Waals surface area contributed by atoms with Crippen molar-refractivity contribution in [2.75, 3.05) is 11.9 Å². The molecule has 0 spiro atoms. The lowest BCUT2D eigenvalue weighted by molar-refractivity contribution is -0.115. The van der Waals surface area contributed by atoms with Crippen LogP contribution in [-0.2, 0) is 9.53 Å². The molecule has 0 aliphatic carbocycles. The molecule has 0 aliphatic rings. The maximum absolute atomic E-state index is 12.3.